The molecule has 0 aliphatic carbocycles. The minimum atomic E-state index is -1.52. The first-order valence-corrected chi connectivity index (χ1v) is 8.10. The zero-order chi connectivity index (χ0) is 17.8. The molecule has 0 saturated carbocycles. The highest BCUT2D eigenvalue weighted by atomic mass is 32.1. The molecule has 1 aromatic heterocycles. The van der Waals surface area contributed by atoms with Crippen LogP contribution in [-0.2, 0) is 11.2 Å². The summed E-state index contributed by atoms with van der Waals surface area (Å²) in [5.41, 5.74) is 7.92. The van der Waals surface area contributed by atoms with Crippen molar-refractivity contribution in [3.05, 3.63) is 72.1 Å². The molecule has 134 valence electrons. The largest absolute Gasteiger partial charge is 0.488 e. The van der Waals surface area contributed by atoms with Gasteiger partial charge in [0.15, 0.2) is 0 Å². The lowest BCUT2D eigenvalue weighted by Gasteiger charge is -2.15. The number of pyridine rings is 1. The second kappa shape index (κ2) is 8.96. The van der Waals surface area contributed by atoms with Crippen LogP contribution in [0.2, 0.25) is 0 Å². The van der Waals surface area contributed by atoms with E-state index >= 15 is 0 Å². The van der Waals surface area contributed by atoms with Crippen molar-refractivity contribution < 1.29 is 14.8 Å². The van der Waals surface area contributed by atoms with Crippen LogP contribution in [0.5, 0.6) is 0 Å². The van der Waals surface area contributed by atoms with Crippen LogP contribution in [0.1, 0.15) is 17.0 Å². The molecule has 0 unspecified atom stereocenters. The summed E-state index contributed by atoms with van der Waals surface area (Å²) >= 11 is 0. The summed E-state index contributed by atoms with van der Waals surface area (Å²) in [4.78, 5) is 16.8. The number of nitrogens with two attached hydrogens (primary N) is 1. The average molecular weight is 368 g/mol. The first-order valence-electron chi connectivity index (χ1n) is 8.10. The molecule has 3 rings (SSSR count). The van der Waals surface area contributed by atoms with Crippen LogP contribution in [0.4, 0.5) is 0 Å². The van der Waals surface area contributed by atoms with Gasteiger partial charge in [0.1, 0.15) is 5.78 Å². The minimum absolute atomic E-state index is 0. The summed E-state index contributed by atoms with van der Waals surface area (Å²) in [6.45, 7) is 0.206. The highest BCUT2D eigenvalue weighted by Gasteiger charge is 2.20. The van der Waals surface area contributed by atoms with Crippen LogP contribution in [0.25, 0.3) is 10.8 Å². The van der Waals surface area contributed by atoms with Crippen molar-refractivity contribution in [1.82, 2.24) is 4.98 Å². The maximum Gasteiger partial charge on any atom is 0.488 e. The topological polar surface area (TPSA) is 96.4 Å². The quantitative estimate of drug-likeness (QED) is 0.562. The molecule has 0 aliphatic heterocycles. The van der Waals surface area contributed by atoms with Gasteiger partial charge >= 0.3 is 7.12 Å². The molecular weight excluding hydrogens is 347 g/mol. The Hall–Kier alpha value is -2.19. The predicted octanol–water partition coefficient (Wildman–Crippen LogP) is 0.881. The van der Waals surface area contributed by atoms with Gasteiger partial charge in [0, 0.05) is 30.7 Å². The minimum Gasteiger partial charge on any atom is -0.423 e. The number of ketones is 1. The van der Waals surface area contributed by atoms with Gasteiger partial charge in [0.05, 0.1) is 5.92 Å². The summed E-state index contributed by atoms with van der Waals surface area (Å²) in [5, 5.41) is 20.4. The normalized spacial score (nSPS) is 11.7. The van der Waals surface area contributed by atoms with E-state index in [1.807, 2.05) is 24.3 Å². The van der Waals surface area contributed by atoms with Gasteiger partial charge < -0.3 is 15.8 Å². The SMILES string of the molecule is NC[C@@H](C(=O)Cc1ccc2cnccc2c1)c1ccc(B(O)O)cc1.S. The van der Waals surface area contributed by atoms with Crippen LogP contribution in [0.15, 0.2) is 60.9 Å². The van der Waals surface area contributed by atoms with E-state index in [4.69, 9.17) is 15.8 Å². The van der Waals surface area contributed by atoms with Gasteiger partial charge in [-0.05, 0) is 28.0 Å². The third kappa shape index (κ3) is 4.50. The summed E-state index contributed by atoms with van der Waals surface area (Å²) < 4.78 is 0. The number of aromatic nitrogens is 1. The second-order valence-corrected chi connectivity index (χ2v) is 6.03. The molecule has 0 fully saturated rings. The molecule has 4 N–H and O–H groups in total. The van der Waals surface area contributed by atoms with Crippen molar-refractivity contribution in [3.8, 4) is 0 Å². The molecule has 0 aliphatic rings. The first kappa shape index (κ1) is 20.1. The number of carbonyl (C=O) groups excluding carboxylic acids is 1. The van der Waals surface area contributed by atoms with E-state index in [2.05, 4.69) is 4.98 Å². The van der Waals surface area contributed by atoms with Crippen molar-refractivity contribution in [2.24, 2.45) is 5.73 Å². The number of carbonyl (C=O) groups is 1. The number of hydrogen-bond donors (Lipinski definition) is 3. The molecule has 0 saturated heterocycles. The second-order valence-electron chi connectivity index (χ2n) is 6.03. The number of benzene rings is 2. The monoisotopic (exact) mass is 368 g/mol. The lowest BCUT2D eigenvalue weighted by atomic mass is 9.79. The summed E-state index contributed by atoms with van der Waals surface area (Å²) in [7, 11) is -1.52. The molecule has 2 aromatic carbocycles. The fraction of sp³-hybridized carbons (Fsp3) is 0.158. The smallest absolute Gasteiger partial charge is 0.423 e. The van der Waals surface area contributed by atoms with Crippen molar-refractivity contribution in [2.45, 2.75) is 12.3 Å². The molecule has 0 radical (unpaired) electrons. The van der Waals surface area contributed by atoms with Crippen molar-refractivity contribution >= 4 is 42.6 Å². The van der Waals surface area contributed by atoms with E-state index in [9.17, 15) is 4.79 Å². The third-order valence-corrected chi connectivity index (χ3v) is 4.34. The van der Waals surface area contributed by atoms with Crippen molar-refractivity contribution in [2.75, 3.05) is 6.54 Å². The van der Waals surface area contributed by atoms with Crippen LogP contribution < -0.4 is 11.2 Å². The Balaban J connectivity index is 0.00000243. The highest BCUT2D eigenvalue weighted by molar-refractivity contribution is 7.59. The lowest BCUT2D eigenvalue weighted by Crippen LogP contribution is -2.30. The Bertz CT molecular complexity index is 887. The fourth-order valence-electron chi connectivity index (χ4n) is 2.92. The number of rotatable bonds is 6. The zero-order valence-electron chi connectivity index (χ0n) is 14.2. The Kier molecular flexibility index (Phi) is 6.94. The van der Waals surface area contributed by atoms with Gasteiger partial charge in [0.2, 0.25) is 0 Å². The summed E-state index contributed by atoms with van der Waals surface area (Å²) in [6, 6.07) is 14.4. The molecule has 1 heterocycles. The van der Waals surface area contributed by atoms with Gasteiger partial charge in [-0.15, -0.1) is 0 Å². The van der Waals surface area contributed by atoms with Crippen LogP contribution in [-0.4, -0.2) is 34.5 Å². The van der Waals surface area contributed by atoms with E-state index in [0.717, 1.165) is 21.9 Å². The molecule has 0 bridgehead atoms. The molecule has 5 nitrogen and oxygen atoms in total. The average Bonchev–Trinajstić information content (AvgIpc) is 2.62. The predicted molar refractivity (Wildman–Crippen MR) is 109 cm³/mol. The number of fused-ring (bicyclic) bond motifs is 1. The van der Waals surface area contributed by atoms with E-state index in [1.54, 1.807) is 36.7 Å². The van der Waals surface area contributed by atoms with Gasteiger partial charge in [-0.1, -0.05) is 42.5 Å². The molecular formula is C19H21BN2O3S. The Morgan fingerprint density at radius 1 is 1.08 bits per heavy atom. The van der Waals surface area contributed by atoms with E-state index in [1.165, 1.54) is 0 Å². The Morgan fingerprint density at radius 2 is 1.81 bits per heavy atom. The van der Waals surface area contributed by atoms with E-state index < -0.39 is 13.0 Å². The standard InChI is InChI=1S/C19H19BN2O3.H2S/c21-11-18(14-3-5-17(6-4-14)20(24)25)19(23)10-13-1-2-16-12-22-8-7-15(16)9-13;/h1-9,12,18,24-25H,10-11,21H2;1H2/t18-;/m1./s1. The first-order chi connectivity index (χ1) is 12.1. The van der Waals surface area contributed by atoms with Crippen molar-refractivity contribution in [3.63, 3.8) is 0 Å². The van der Waals surface area contributed by atoms with Crippen LogP contribution in [0, 0.1) is 0 Å². The van der Waals surface area contributed by atoms with Gasteiger partial charge in [0.25, 0.3) is 0 Å². The Morgan fingerprint density at radius 3 is 2.46 bits per heavy atom. The Labute approximate surface area is 159 Å². The maximum atomic E-state index is 12.7. The highest BCUT2D eigenvalue weighted by Crippen LogP contribution is 2.20. The molecule has 7 heteroatoms. The van der Waals surface area contributed by atoms with Gasteiger partial charge in [-0.2, -0.15) is 13.5 Å². The number of hydrogen-bond acceptors (Lipinski definition) is 5. The molecule has 3 aromatic rings. The van der Waals surface area contributed by atoms with E-state index in [0.29, 0.717) is 11.9 Å². The number of nitrogens with zero attached hydrogens (tertiary/aromatic N) is 1. The van der Waals surface area contributed by atoms with Crippen molar-refractivity contribution in [1.29, 1.82) is 0 Å². The maximum absolute atomic E-state index is 12.7. The summed E-state index contributed by atoms with van der Waals surface area (Å²) in [5.74, 6) is -0.383. The van der Waals surface area contributed by atoms with Crippen LogP contribution in [0.3, 0.4) is 0 Å². The van der Waals surface area contributed by atoms with Gasteiger partial charge in [-0.3, -0.25) is 9.78 Å². The molecule has 0 spiro atoms. The van der Waals surface area contributed by atoms with Gasteiger partial charge in [-0.25, -0.2) is 0 Å². The molecule has 26 heavy (non-hydrogen) atoms. The molecule has 1 atom stereocenters. The fourth-order valence-corrected chi connectivity index (χ4v) is 2.92. The summed E-state index contributed by atoms with van der Waals surface area (Å²) in [6.07, 6.45) is 3.82. The van der Waals surface area contributed by atoms with E-state index in [-0.39, 0.29) is 25.8 Å². The number of Topliss-reactive ketones (excluding diaryl/α,β-unsaturated/α-hetero) is 1. The van der Waals surface area contributed by atoms with Crippen LogP contribution >= 0.6 is 13.5 Å². The lowest BCUT2D eigenvalue weighted by molar-refractivity contribution is -0.119. The molecule has 0 amide bonds. The third-order valence-electron chi connectivity index (χ3n) is 4.34. The zero-order valence-corrected chi connectivity index (χ0v) is 15.2.